The number of nitrogens with one attached hydrogen (secondary N) is 1. The third-order valence-electron chi connectivity index (χ3n) is 3.45. The van der Waals surface area contributed by atoms with Crippen LogP contribution in [0.2, 0.25) is 5.02 Å². The van der Waals surface area contributed by atoms with Gasteiger partial charge in [-0.25, -0.2) is 9.18 Å². The van der Waals surface area contributed by atoms with Crippen molar-refractivity contribution in [2.75, 3.05) is 7.11 Å². The van der Waals surface area contributed by atoms with Gasteiger partial charge in [-0.05, 0) is 31.2 Å². The predicted octanol–water partition coefficient (Wildman–Crippen LogP) is 3.35. The number of methoxy groups -OCH3 is 1. The Morgan fingerprint density at radius 1 is 1.24 bits per heavy atom. The molecule has 2 aromatic carbocycles. The normalized spacial score (nSPS) is 11.5. The van der Waals surface area contributed by atoms with Gasteiger partial charge >= 0.3 is 5.97 Å². The number of rotatable bonds is 6. The Labute approximate surface area is 149 Å². The number of amides is 1. The lowest BCUT2D eigenvalue weighted by molar-refractivity contribution is -0.129. The van der Waals surface area contributed by atoms with Crippen molar-refractivity contribution in [3.63, 3.8) is 0 Å². The Balaban J connectivity index is 1.94. The lowest BCUT2D eigenvalue weighted by atomic mass is 10.2. The molecule has 1 amide bonds. The van der Waals surface area contributed by atoms with Crippen molar-refractivity contribution in [1.82, 2.24) is 5.32 Å². The molecule has 0 saturated carbocycles. The smallest absolute Gasteiger partial charge is 0.341 e. The van der Waals surface area contributed by atoms with Gasteiger partial charge < -0.3 is 14.8 Å². The molecule has 0 aromatic heterocycles. The highest BCUT2D eigenvalue weighted by Gasteiger charge is 2.21. The fourth-order valence-corrected chi connectivity index (χ4v) is 2.27. The molecular formula is C18H17ClFNO4. The minimum Gasteiger partial charge on any atom is -0.496 e. The molecule has 0 unspecified atom stereocenters. The van der Waals surface area contributed by atoms with E-state index < -0.39 is 23.8 Å². The van der Waals surface area contributed by atoms with Crippen LogP contribution in [0.25, 0.3) is 0 Å². The number of hydrogen-bond acceptors (Lipinski definition) is 4. The zero-order valence-electron chi connectivity index (χ0n) is 13.7. The fourth-order valence-electron chi connectivity index (χ4n) is 2.11. The number of para-hydroxylation sites is 1. The minimum absolute atomic E-state index is 0.164. The second-order valence-corrected chi connectivity index (χ2v) is 5.64. The summed E-state index contributed by atoms with van der Waals surface area (Å²) < 4.78 is 23.9. The van der Waals surface area contributed by atoms with Crippen molar-refractivity contribution in [2.45, 2.75) is 19.6 Å². The Morgan fingerprint density at radius 2 is 1.96 bits per heavy atom. The van der Waals surface area contributed by atoms with Crippen molar-refractivity contribution in [3.8, 4) is 5.75 Å². The number of carbonyl (C=O) groups is 2. The van der Waals surface area contributed by atoms with E-state index in [9.17, 15) is 14.0 Å². The van der Waals surface area contributed by atoms with Crippen LogP contribution >= 0.6 is 11.6 Å². The second-order valence-electron chi connectivity index (χ2n) is 5.20. The molecule has 1 N–H and O–H groups in total. The van der Waals surface area contributed by atoms with Crippen molar-refractivity contribution < 1.29 is 23.5 Å². The molecule has 2 aromatic rings. The van der Waals surface area contributed by atoms with E-state index in [0.29, 0.717) is 5.75 Å². The zero-order chi connectivity index (χ0) is 18.4. The molecule has 2 rings (SSSR count). The van der Waals surface area contributed by atoms with Gasteiger partial charge in [0, 0.05) is 17.1 Å². The van der Waals surface area contributed by atoms with E-state index in [2.05, 4.69) is 5.32 Å². The Morgan fingerprint density at radius 3 is 2.64 bits per heavy atom. The van der Waals surface area contributed by atoms with Gasteiger partial charge in [0.25, 0.3) is 5.91 Å². The first kappa shape index (κ1) is 18.7. The monoisotopic (exact) mass is 365 g/mol. The van der Waals surface area contributed by atoms with Crippen molar-refractivity contribution in [2.24, 2.45) is 0 Å². The lowest BCUT2D eigenvalue weighted by Crippen LogP contribution is -2.35. The summed E-state index contributed by atoms with van der Waals surface area (Å²) in [7, 11) is 1.53. The van der Waals surface area contributed by atoms with Crippen LogP contribution in [-0.4, -0.2) is 25.1 Å². The molecule has 0 aliphatic heterocycles. The number of esters is 1. The molecule has 0 radical (unpaired) electrons. The van der Waals surface area contributed by atoms with E-state index in [0.717, 1.165) is 11.6 Å². The van der Waals surface area contributed by atoms with Crippen LogP contribution in [0.3, 0.4) is 0 Å². The van der Waals surface area contributed by atoms with Crippen LogP contribution in [0.15, 0.2) is 42.5 Å². The fraction of sp³-hybridized carbons (Fsp3) is 0.222. The van der Waals surface area contributed by atoms with Crippen molar-refractivity contribution >= 4 is 23.5 Å². The molecule has 25 heavy (non-hydrogen) atoms. The molecule has 5 nitrogen and oxygen atoms in total. The molecule has 132 valence electrons. The summed E-state index contributed by atoms with van der Waals surface area (Å²) in [6.45, 7) is 1.61. The van der Waals surface area contributed by atoms with Gasteiger partial charge in [-0.2, -0.15) is 0 Å². The number of halogens is 2. The molecule has 0 aliphatic rings. The number of hydrogen-bond donors (Lipinski definition) is 1. The van der Waals surface area contributed by atoms with Gasteiger partial charge in [0.15, 0.2) is 6.10 Å². The summed E-state index contributed by atoms with van der Waals surface area (Å²) >= 11 is 5.64. The highest BCUT2D eigenvalue weighted by Crippen LogP contribution is 2.18. The van der Waals surface area contributed by atoms with E-state index >= 15 is 0 Å². The molecule has 0 heterocycles. The number of benzene rings is 2. The van der Waals surface area contributed by atoms with E-state index in [1.165, 1.54) is 26.2 Å². The number of ether oxygens (including phenoxy) is 2. The highest BCUT2D eigenvalue weighted by molar-refractivity contribution is 6.30. The molecule has 7 heteroatoms. The highest BCUT2D eigenvalue weighted by atomic mass is 35.5. The molecular weight excluding hydrogens is 349 g/mol. The molecule has 1 atom stereocenters. The summed E-state index contributed by atoms with van der Waals surface area (Å²) in [6, 6.07) is 10.8. The lowest BCUT2D eigenvalue weighted by Gasteiger charge is -2.15. The summed E-state index contributed by atoms with van der Waals surface area (Å²) in [4.78, 5) is 24.0. The topological polar surface area (TPSA) is 64.6 Å². The van der Waals surface area contributed by atoms with E-state index in [1.54, 1.807) is 12.1 Å². The number of carbonyl (C=O) groups excluding carboxylic acids is 2. The van der Waals surface area contributed by atoms with Crippen molar-refractivity contribution in [1.29, 1.82) is 0 Å². The van der Waals surface area contributed by atoms with Gasteiger partial charge in [0.2, 0.25) is 0 Å². The van der Waals surface area contributed by atoms with E-state index in [1.807, 2.05) is 12.1 Å². The van der Waals surface area contributed by atoms with Gasteiger partial charge in [-0.3, -0.25) is 4.79 Å². The zero-order valence-corrected chi connectivity index (χ0v) is 14.5. The molecule has 0 bridgehead atoms. The third-order valence-corrected chi connectivity index (χ3v) is 3.68. The minimum atomic E-state index is -1.09. The van der Waals surface area contributed by atoms with Crippen LogP contribution in [0.4, 0.5) is 4.39 Å². The van der Waals surface area contributed by atoms with Gasteiger partial charge in [0.1, 0.15) is 11.6 Å². The second kappa shape index (κ2) is 8.48. The van der Waals surface area contributed by atoms with E-state index in [4.69, 9.17) is 21.1 Å². The Kier molecular flexibility index (Phi) is 6.36. The maximum absolute atomic E-state index is 13.7. The van der Waals surface area contributed by atoms with Gasteiger partial charge in [-0.15, -0.1) is 0 Å². The first-order valence-electron chi connectivity index (χ1n) is 7.48. The van der Waals surface area contributed by atoms with Crippen LogP contribution in [0.1, 0.15) is 22.8 Å². The Hall–Kier alpha value is -2.60. The summed E-state index contributed by atoms with van der Waals surface area (Å²) in [5, 5.41) is 2.81. The Bertz CT molecular complexity index is 781. The first-order chi connectivity index (χ1) is 11.9. The van der Waals surface area contributed by atoms with Crippen molar-refractivity contribution in [3.05, 3.63) is 64.4 Å². The quantitative estimate of drug-likeness (QED) is 0.797. The van der Waals surface area contributed by atoms with Gasteiger partial charge in [-0.1, -0.05) is 29.8 Å². The average molecular weight is 366 g/mol. The van der Waals surface area contributed by atoms with Crippen LogP contribution < -0.4 is 10.1 Å². The standard InChI is InChI=1S/C18H17ClFNO4/c1-11(25-18(23)14-8-7-13(19)9-15(14)20)17(22)21-10-12-5-3-4-6-16(12)24-2/h3-9,11H,10H2,1-2H3,(H,21,22)/t11-/m0/s1. The summed E-state index contributed by atoms with van der Waals surface area (Å²) in [6.07, 6.45) is -1.09. The predicted molar refractivity (Wildman–Crippen MR) is 91.1 cm³/mol. The average Bonchev–Trinajstić information content (AvgIpc) is 2.59. The first-order valence-corrected chi connectivity index (χ1v) is 7.85. The van der Waals surface area contributed by atoms with Crippen LogP contribution in [0.5, 0.6) is 5.75 Å². The largest absolute Gasteiger partial charge is 0.496 e. The molecule has 0 aliphatic carbocycles. The third kappa shape index (κ3) is 4.93. The molecule has 0 fully saturated rings. The maximum Gasteiger partial charge on any atom is 0.341 e. The van der Waals surface area contributed by atoms with Crippen LogP contribution in [0, 0.1) is 5.82 Å². The maximum atomic E-state index is 13.7. The van der Waals surface area contributed by atoms with Crippen LogP contribution in [-0.2, 0) is 16.1 Å². The molecule has 0 spiro atoms. The summed E-state index contributed by atoms with van der Waals surface area (Å²) in [5.74, 6) is -1.61. The molecule has 0 saturated heterocycles. The SMILES string of the molecule is COc1ccccc1CNC(=O)[C@H](C)OC(=O)c1ccc(Cl)cc1F. The van der Waals surface area contributed by atoms with Gasteiger partial charge in [0.05, 0.1) is 12.7 Å². The summed E-state index contributed by atoms with van der Waals surface area (Å²) in [5.41, 5.74) is 0.495. The van der Waals surface area contributed by atoms with E-state index in [-0.39, 0.29) is 17.1 Å².